The molecule has 1 aliphatic heterocycles. The minimum Gasteiger partial charge on any atom is -0.394 e. The van der Waals surface area contributed by atoms with Crippen LogP contribution in [0.3, 0.4) is 0 Å². The van der Waals surface area contributed by atoms with E-state index in [0.717, 1.165) is 4.57 Å². The van der Waals surface area contributed by atoms with E-state index in [-0.39, 0.29) is 18.8 Å². The average Bonchev–Trinajstić information content (AvgIpc) is 2.54. The lowest BCUT2D eigenvalue weighted by Crippen LogP contribution is -2.35. The van der Waals surface area contributed by atoms with E-state index in [1.807, 2.05) is 0 Å². The lowest BCUT2D eigenvalue weighted by Gasteiger charge is -2.22. The Labute approximate surface area is 96.8 Å². The number of hydrogen-bond donors (Lipinski definition) is 2. The van der Waals surface area contributed by atoms with Gasteiger partial charge in [0.2, 0.25) is 0 Å². The molecule has 7 heteroatoms. The molecule has 2 rings (SSSR count). The van der Waals surface area contributed by atoms with Crippen molar-refractivity contribution in [1.82, 2.24) is 9.55 Å². The molecule has 0 amide bonds. The molecule has 0 aliphatic carbocycles. The maximum Gasteiger partial charge on any atom is 0.351 e. The molecule has 1 unspecified atom stereocenters. The molecule has 1 aromatic rings. The van der Waals surface area contributed by atoms with E-state index in [2.05, 4.69) is 4.98 Å². The third-order valence-corrected chi connectivity index (χ3v) is 2.77. The van der Waals surface area contributed by atoms with Crippen LogP contribution in [0.4, 0.5) is 10.2 Å². The normalized spacial score (nSPS) is 32.9. The van der Waals surface area contributed by atoms with Gasteiger partial charge in [0.1, 0.15) is 5.82 Å². The summed E-state index contributed by atoms with van der Waals surface area (Å²) in [6.45, 7) is 1.04. The highest BCUT2D eigenvalue weighted by atomic mass is 19.1. The lowest BCUT2D eigenvalue weighted by molar-refractivity contribution is -0.0609. The molecule has 17 heavy (non-hydrogen) atoms. The molecule has 3 N–H and O–H groups in total. The van der Waals surface area contributed by atoms with Gasteiger partial charge in [-0.2, -0.15) is 4.98 Å². The van der Waals surface area contributed by atoms with Crippen molar-refractivity contribution in [1.29, 1.82) is 0 Å². The van der Waals surface area contributed by atoms with E-state index in [9.17, 15) is 9.18 Å². The molecule has 6 nitrogen and oxygen atoms in total. The highest BCUT2D eigenvalue weighted by Gasteiger charge is 2.47. The van der Waals surface area contributed by atoms with E-state index < -0.39 is 23.7 Å². The van der Waals surface area contributed by atoms with E-state index >= 15 is 0 Å². The molecule has 1 aliphatic rings. The van der Waals surface area contributed by atoms with Gasteiger partial charge in [0, 0.05) is 12.6 Å². The maximum atomic E-state index is 14.2. The molecule has 0 radical (unpaired) electrons. The van der Waals surface area contributed by atoms with E-state index in [1.54, 1.807) is 0 Å². The summed E-state index contributed by atoms with van der Waals surface area (Å²) in [6, 6.07) is 1.40. The summed E-state index contributed by atoms with van der Waals surface area (Å²) in [4.78, 5) is 15.1. The van der Waals surface area contributed by atoms with Gasteiger partial charge >= 0.3 is 5.69 Å². The van der Waals surface area contributed by atoms with Crippen molar-refractivity contribution >= 4 is 5.82 Å². The number of hydrogen-bond acceptors (Lipinski definition) is 5. The minimum absolute atomic E-state index is 0.0327. The zero-order chi connectivity index (χ0) is 12.6. The number of nitrogens with zero attached hydrogens (tertiary/aromatic N) is 2. The van der Waals surface area contributed by atoms with Crippen LogP contribution < -0.4 is 11.4 Å². The molecule has 0 spiro atoms. The maximum absolute atomic E-state index is 14.2. The fourth-order valence-electron chi connectivity index (χ4n) is 1.99. The topological polar surface area (TPSA) is 90.4 Å². The van der Waals surface area contributed by atoms with Crippen LogP contribution in [0, 0.1) is 0 Å². The summed E-state index contributed by atoms with van der Waals surface area (Å²) in [6.07, 6.45) is -0.322. The van der Waals surface area contributed by atoms with Crippen LogP contribution in [0.2, 0.25) is 0 Å². The zero-order valence-corrected chi connectivity index (χ0v) is 9.34. The fraction of sp³-hybridized carbons (Fsp3) is 0.600. The molecule has 94 valence electrons. The average molecular weight is 243 g/mol. The third kappa shape index (κ3) is 2.16. The second kappa shape index (κ2) is 4.08. The number of aliphatic hydroxyl groups is 1. The zero-order valence-electron chi connectivity index (χ0n) is 9.34. The van der Waals surface area contributed by atoms with Gasteiger partial charge in [0.25, 0.3) is 0 Å². The van der Waals surface area contributed by atoms with Crippen molar-refractivity contribution < 1.29 is 14.2 Å². The SMILES string of the molecule is C[C@@]1(F)CC(CO)O[C@H]1n1ccc(N)nc1=O. The third-order valence-electron chi connectivity index (χ3n) is 2.77. The van der Waals surface area contributed by atoms with Crippen LogP contribution in [0.1, 0.15) is 19.6 Å². The Morgan fingerprint density at radius 3 is 3.06 bits per heavy atom. The van der Waals surface area contributed by atoms with Crippen molar-refractivity contribution in [2.24, 2.45) is 0 Å². The van der Waals surface area contributed by atoms with E-state index in [4.69, 9.17) is 15.6 Å². The summed E-state index contributed by atoms with van der Waals surface area (Å²) < 4.78 is 20.6. The smallest absolute Gasteiger partial charge is 0.351 e. The number of rotatable bonds is 2. The monoisotopic (exact) mass is 243 g/mol. The van der Waals surface area contributed by atoms with Crippen LogP contribution in [0.15, 0.2) is 17.1 Å². The Morgan fingerprint density at radius 1 is 1.82 bits per heavy atom. The predicted octanol–water partition coefficient (Wildman–Crippen LogP) is -0.166. The second-order valence-corrected chi connectivity index (χ2v) is 4.32. The van der Waals surface area contributed by atoms with Gasteiger partial charge in [-0.15, -0.1) is 0 Å². The standard InChI is InChI=1S/C10H14FN3O3/c1-10(11)4-6(5-15)17-8(10)14-3-2-7(12)13-9(14)16/h2-3,6,8,15H,4-5H2,1H3,(H2,12,13,16)/t6?,8-,10-/m1/s1. The Hall–Kier alpha value is -1.47. The van der Waals surface area contributed by atoms with Crippen molar-refractivity contribution in [3.63, 3.8) is 0 Å². The molecule has 2 heterocycles. The number of aromatic nitrogens is 2. The van der Waals surface area contributed by atoms with Gasteiger partial charge in [-0.3, -0.25) is 4.57 Å². The summed E-state index contributed by atoms with van der Waals surface area (Å²) in [7, 11) is 0. The Morgan fingerprint density at radius 2 is 2.53 bits per heavy atom. The summed E-state index contributed by atoms with van der Waals surface area (Å²) in [5, 5.41) is 8.96. The quantitative estimate of drug-likeness (QED) is 0.752. The minimum atomic E-state index is -1.73. The largest absolute Gasteiger partial charge is 0.394 e. The van der Waals surface area contributed by atoms with Crippen molar-refractivity contribution in [2.75, 3.05) is 12.3 Å². The molecule has 1 saturated heterocycles. The molecule has 0 aromatic carbocycles. The van der Waals surface area contributed by atoms with Crippen LogP contribution in [-0.4, -0.2) is 33.0 Å². The lowest BCUT2D eigenvalue weighted by atomic mass is 10.0. The first-order valence-corrected chi connectivity index (χ1v) is 5.24. The number of alkyl halides is 1. The number of anilines is 1. The van der Waals surface area contributed by atoms with Crippen LogP contribution in [0.25, 0.3) is 0 Å². The number of nitrogen functional groups attached to an aromatic ring is 1. The van der Waals surface area contributed by atoms with Crippen molar-refractivity contribution in [3.05, 3.63) is 22.7 Å². The molecular formula is C10H14FN3O3. The van der Waals surface area contributed by atoms with Crippen molar-refractivity contribution in [2.45, 2.75) is 31.3 Å². The summed E-state index contributed by atoms with van der Waals surface area (Å²) in [5.41, 5.74) is 2.95. The van der Waals surface area contributed by atoms with Gasteiger partial charge in [0.05, 0.1) is 12.7 Å². The first-order valence-electron chi connectivity index (χ1n) is 5.24. The highest BCUT2D eigenvalue weighted by Crippen LogP contribution is 2.39. The van der Waals surface area contributed by atoms with Crippen LogP contribution >= 0.6 is 0 Å². The Balaban J connectivity index is 2.37. The highest BCUT2D eigenvalue weighted by molar-refractivity contribution is 5.23. The molecular weight excluding hydrogens is 229 g/mol. The van der Waals surface area contributed by atoms with Gasteiger partial charge < -0.3 is 15.6 Å². The van der Waals surface area contributed by atoms with Gasteiger partial charge in [-0.05, 0) is 13.0 Å². The number of nitrogens with two attached hydrogens (primary N) is 1. The fourth-order valence-corrected chi connectivity index (χ4v) is 1.99. The van der Waals surface area contributed by atoms with Gasteiger partial charge in [0.15, 0.2) is 11.9 Å². The number of aliphatic hydroxyl groups excluding tert-OH is 1. The predicted molar refractivity (Wildman–Crippen MR) is 58.0 cm³/mol. The molecule has 3 atom stereocenters. The van der Waals surface area contributed by atoms with Gasteiger partial charge in [-0.25, -0.2) is 9.18 Å². The first kappa shape index (κ1) is 12.0. The van der Waals surface area contributed by atoms with E-state index in [1.165, 1.54) is 19.2 Å². The van der Waals surface area contributed by atoms with E-state index in [0.29, 0.717) is 0 Å². The first-order chi connectivity index (χ1) is 7.94. The van der Waals surface area contributed by atoms with Crippen LogP contribution in [-0.2, 0) is 4.74 Å². The Kier molecular flexibility index (Phi) is 2.88. The molecule has 0 saturated carbocycles. The summed E-state index contributed by atoms with van der Waals surface area (Å²) in [5.74, 6) is 0.0727. The molecule has 1 fully saturated rings. The van der Waals surface area contributed by atoms with Crippen molar-refractivity contribution in [3.8, 4) is 0 Å². The Bertz CT molecular complexity index is 474. The summed E-state index contributed by atoms with van der Waals surface area (Å²) >= 11 is 0. The van der Waals surface area contributed by atoms with Gasteiger partial charge in [-0.1, -0.05) is 0 Å². The molecule has 0 bridgehead atoms. The number of ether oxygens (including phenoxy) is 1. The second-order valence-electron chi connectivity index (χ2n) is 4.32. The van der Waals surface area contributed by atoms with Crippen LogP contribution in [0.5, 0.6) is 0 Å². The number of halogens is 1. The molecule has 1 aromatic heterocycles.